The van der Waals surface area contributed by atoms with Crippen molar-refractivity contribution < 1.29 is 17.9 Å². The molecule has 1 saturated heterocycles. The van der Waals surface area contributed by atoms with Crippen molar-refractivity contribution >= 4 is 26.8 Å². The van der Waals surface area contributed by atoms with E-state index in [1.165, 1.54) is 6.42 Å². The molecule has 1 amide bonds. The lowest BCUT2D eigenvalue weighted by atomic mass is 9.85. The molecule has 3 aromatic rings. The number of fused-ring (bicyclic) bond motifs is 1. The Morgan fingerprint density at radius 1 is 1.00 bits per heavy atom. The van der Waals surface area contributed by atoms with Crippen molar-refractivity contribution in [1.82, 2.24) is 14.6 Å². The fourth-order valence-electron chi connectivity index (χ4n) is 5.49. The molecule has 192 valence electrons. The van der Waals surface area contributed by atoms with Crippen molar-refractivity contribution in [2.45, 2.75) is 62.5 Å². The fourth-order valence-corrected chi connectivity index (χ4v) is 6.83. The van der Waals surface area contributed by atoms with Crippen molar-refractivity contribution in [1.29, 1.82) is 0 Å². The van der Waals surface area contributed by atoms with Gasteiger partial charge in [-0.1, -0.05) is 30.3 Å². The van der Waals surface area contributed by atoms with Crippen molar-refractivity contribution in [2.24, 2.45) is 5.92 Å². The van der Waals surface area contributed by atoms with Crippen LogP contribution in [0.5, 0.6) is 0 Å². The molecule has 2 fully saturated rings. The van der Waals surface area contributed by atoms with Crippen molar-refractivity contribution in [3.05, 3.63) is 54.1 Å². The summed E-state index contributed by atoms with van der Waals surface area (Å²) in [5.74, 6) is 0.290. The Morgan fingerprint density at radius 3 is 2.42 bits per heavy atom. The van der Waals surface area contributed by atoms with Crippen LogP contribution in [-0.2, 0) is 26.2 Å². The molecule has 2 aliphatic rings. The van der Waals surface area contributed by atoms with Gasteiger partial charge in [0.2, 0.25) is 15.9 Å². The molecule has 2 aromatic carbocycles. The van der Waals surface area contributed by atoms with Gasteiger partial charge in [0.05, 0.1) is 11.5 Å². The van der Waals surface area contributed by atoms with Gasteiger partial charge in [0.15, 0.2) is 0 Å². The summed E-state index contributed by atoms with van der Waals surface area (Å²) in [4.78, 5) is 18.4. The number of amides is 1. The Morgan fingerprint density at radius 2 is 1.72 bits per heavy atom. The number of likely N-dealkylation sites (tertiary alicyclic amines) is 1. The number of carbonyl (C=O) groups excluding carboxylic acids is 1. The van der Waals surface area contributed by atoms with Gasteiger partial charge >= 0.3 is 0 Å². The number of rotatable bonds is 7. The van der Waals surface area contributed by atoms with E-state index in [2.05, 4.69) is 9.71 Å². The Labute approximate surface area is 213 Å². The average Bonchev–Trinajstić information content (AvgIpc) is 3.33. The lowest BCUT2D eigenvalue weighted by molar-refractivity contribution is -0.137. The van der Waals surface area contributed by atoms with Crippen LogP contribution in [0.4, 0.5) is 0 Å². The molecule has 2 N–H and O–H groups in total. The number of aromatic nitrogens is 1. The van der Waals surface area contributed by atoms with E-state index in [9.17, 15) is 13.2 Å². The molecule has 5 rings (SSSR count). The summed E-state index contributed by atoms with van der Waals surface area (Å²) in [5, 5.41) is 0.960. The van der Waals surface area contributed by atoms with E-state index in [-0.39, 0.29) is 22.8 Å². The van der Waals surface area contributed by atoms with E-state index in [0.29, 0.717) is 19.4 Å². The van der Waals surface area contributed by atoms with Gasteiger partial charge in [0.1, 0.15) is 0 Å². The third-order valence-electron chi connectivity index (χ3n) is 7.55. The second kappa shape index (κ2) is 10.7. The van der Waals surface area contributed by atoms with Gasteiger partial charge in [0.25, 0.3) is 0 Å². The van der Waals surface area contributed by atoms with Crippen LogP contribution in [0.2, 0.25) is 0 Å². The number of H-pyrrole nitrogens is 1. The molecule has 0 radical (unpaired) electrons. The summed E-state index contributed by atoms with van der Waals surface area (Å²) >= 11 is 0. The highest BCUT2D eigenvalue weighted by molar-refractivity contribution is 7.89. The monoisotopic (exact) mass is 509 g/mol. The Kier molecular flexibility index (Phi) is 7.46. The van der Waals surface area contributed by atoms with Crippen LogP contribution in [0.15, 0.2) is 53.4 Å². The van der Waals surface area contributed by atoms with E-state index in [1.807, 2.05) is 41.3 Å². The topological polar surface area (TPSA) is 91.5 Å². The van der Waals surface area contributed by atoms with Gasteiger partial charge in [-0.15, -0.1) is 0 Å². The normalized spacial score (nSPS) is 21.1. The first-order valence-corrected chi connectivity index (χ1v) is 14.4. The SMILES string of the molecule is COCc1ccc(-c2cc3ccc(S(=O)(=O)NC4CCC(C(=O)N5CCCCC5)CC4)cc3[nH]2)cc1. The number of sulfonamides is 1. The van der Waals surface area contributed by atoms with Crippen LogP contribution in [0.3, 0.4) is 0 Å². The second-order valence-corrected chi connectivity index (χ2v) is 11.8. The van der Waals surface area contributed by atoms with Crippen LogP contribution < -0.4 is 4.72 Å². The van der Waals surface area contributed by atoms with Gasteiger partial charge in [0, 0.05) is 48.8 Å². The standard InChI is InChI=1S/C28H35N3O4S/c1-35-19-20-5-7-21(8-6-20)26-17-23-11-14-25(18-27(23)29-26)36(33,34)30-24-12-9-22(10-13-24)28(32)31-15-3-2-4-16-31/h5-8,11,14,17-18,22,24,29-30H,2-4,9-10,12-13,15-16,19H2,1H3. The molecule has 7 nitrogen and oxygen atoms in total. The molecule has 0 spiro atoms. The van der Waals surface area contributed by atoms with Crippen LogP contribution in [0.25, 0.3) is 22.2 Å². The zero-order valence-electron chi connectivity index (χ0n) is 20.8. The quantitative estimate of drug-likeness (QED) is 0.477. The summed E-state index contributed by atoms with van der Waals surface area (Å²) in [7, 11) is -1.98. The molecular formula is C28H35N3O4S. The van der Waals surface area contributed by atoms with Crippen molar-refractivity contribution in [3.63, 3.8) is 0 Å². The van der Waals surface area contributed by atoms with Gasteiger partial charge in [-0.3, -0.25) is 4.79 Å². The number of piperidine rings is 1. The zero-order valence-corrected chi connectivity index (χ0v) is 21.6. The maximum absolute atomic E-state index is 13.2. The number of carbonyl (C=O) groups is 1. The summed E-state index contributed by atoms with van der Waals surface area (Å²) in [6.07, 6.45) is 6.25. The Bertz CT molecular complexity index is 1300. The van der Waals surface area contributed by atoms with Crippen LogP contribution in [-0.4, -0.2) is 50.5 Å². The first-order valence-electron chi connectivity index (χ1n) is 12.9. The van der Waals surface area contributed by atoms with Gasteiger partial charge in [-0.25, -0.2) is 13.1 Å². The molecule has 1 aliphatic heterocycles. The summed E-state index contributed by atoms with van der Waals surface area (Å²) in [5.41, 5.74) is 3.85. The first kappa shape index (κ1) is 25.0. The van der Waals surface area contributed by atoms with Gasteiger partial charge in [-0.2, -0.15) is 0 Å². The molecule has 2 heterocycles. The molecule has 1 aliphatic carbocycles. The molecular weight excluding hydrogens is 474 g/mol. The number of hydrogen-bond donors (Lipinski definition) is 2. The molecule has 36 heavy (non-hydrogen) atoms. The number of aromatic amines is 1. The number of hydrogen-bond acceptors (Lipinski definition) is 4. The van der Waals surface area contributed by atoms with Gasteiger partial charge in [-0.05, 0) is 74.3 Å². The van der Waals surface area contributed by atoms with Crippen molar-refractivity contribution in [2.75, 3.05) is 20.2 Å². The highest BCUT2D eigenvalue weighted by Crippen LogP contribution is 2.30. The minimum absolute atomic E-state index is 0.0288. The van der Waals surface area contributed by atoms with Crippen LogP contribution in [0.1, 0.15) is 50.5 Å². The molecule has 0 unspecified atom stereocenters. The minimum Gasteiger partial charge on any atom is -0.380 e. The largest absolute Gasteiger partial charge is 0.380 e. The smallest absolute Gasteiger partial charge is 0.240 e. The Hall–Kier alpha value is -2.68. The molecule has 0 atom stereocenters. The van der Waals surface area contributed by atoms with E-state index in [1.54, 1.807) is 19.2 Å². The van der Waals surface area contributed by atoms with Crippen molar-refractivity contribution in [3.8, 4) is 11.3 Å². The van der Waals surface area contributed by atoms with E-state index in [0.717, 1.165) is 66.5 Å². The molecule has 1 saturated carbocycles. The molecule has 8 heteroatoms. The average molecular weight is 510 g/mol. The lowest BCUT2D eigenvalue weighted by Crippen LogP contribution is -2.43. The summed E-state index contributed by atoms with van der Waals surface area (Å²) in [6.45, 7) is 2.30. The number of ether oxygens (including phenoxy) is 1. The van der Waals surface area contributed by atoms with E-state index >= 15 is 0 Å². The van der Waals surface area contributed by atoms with Crippen LogP contribution >= 0.6 is 0 Å². The van der Waals surface area contributed by atoms with E-state index < -0.39 is 10.0 Å². The zero-order chi connectivity index (χ0) is 25.1. The lowest BCUT2D eigenvalue weighted by Gasteiger charge is -2.34. The van der Waals surface area contributed by atoms with Crippen LogP contribution in [0, 0.1) is 5.92 Å². The molecule has 1 aromatic heterocycles. The maximum atomic E-state index is 13.2. The third-order valence-corrected chi connectivity index (χ3v) is 9.06. The number of benzene rings is 2. The van der Waals surface area contributed by atoms with E-state index in [4.69, 9.17) is 4.74 Å². The minimum atomic E-state index is -3.66. The summed E-state index contributed by atoms with van der Waals surface area (Å²) in [6, 6.07) is 15.2. The number of methoxy groups -OCH3 is 1. The predicted molar refractivity (Wildman–Crippen MR) is 141 cm³/mol. The Balaban J connectivity index is 1.23. The third kappa shape index (κ3) is 5.51. The number of nitrogens with one attached hydrogen (secondary N) is 2. The highest BCUT2D eigenvalue weighted by Gasteiger charge is 2.32. The number of nitrogens with zero attached hydrogens (tertiary/aromatic N) is 1. The van der Waals surface area contributed by atoms with Gasteiger partial charge < -0.3 is 14.6 Å². The fraction of sp³-hybridized carbons (Fsp3) is 0.464. The second-order valence-electron chi connectivity index (χ2n) is 10.1. The maximum Gasteiger partial charge on any atom is 0.240 e. The first-order chi connectivity index (χ1) is 17.4. The predicted octanol–water partition coefficient (Wildman–Crippen LogP) is 4.83. The molecule has 0 bridgehead atoms. The highest BCUT2D eigenvalue weighted by atomic mass is 32.2. The summed E-state index contributed by atoms with van der Waals surface area (Å²) < 4.78 is 34.4.